The van der Waals surface area contributed by atoms with Crippen LogP contribution in [0.15, 0.2) is 22.7 Å². The molecule has 0 spiro atoms. The predicted octanol–water partition coefficient (Wildman–Crippen LogP) is 2.69. The van der Waals surface area contributed by atoms with E-state index in [0.717, 1.165) is 0 Å². The summed E-state index contributed by atoms with van der Waals surface area (Å²) in [7, 11) is 1.54. The van der Waals surface area contributed by atoms with Crippen LogP contribution >= 0.6 is 15.9 Å². The van der Waals surface area contributed by atoms with Gasteiger partial charge in [0.1, 0.15) is 5.75 Å². The Morgan fingerprint density at radius 3 is 2.75 bits per heavy atom. The molecule has 1 aromatic rings. The molecule has 0 heterocycles. The van der Waals surface area contributed by atoms with Gasteiger partial charge in [-0.1, -0.05) is 6.92 Å². The van der Waals surface area contributed by atoms with Crippen molar-refractivity contribution in [2.75, 3.05) is 13.7 Å². The lowest BCUT2D eigenvalue weighted by molar-refractivity contribution is -0.137. The van der Waals surface area contributed by atoms with E-state index in [0.29, 0.717) is 28.8 Å². The zero-order valence-electron chi connectivity index (χ0n) is 11.5. The molecule has 0 saturated heterocycles. The van der Waals surface area contributed by atoms with Crippen molar-refractivity contribution in [3.8, 4) is 5.75 Å². The van der Waals surface area contributed by atoms with Gasteiger partial charge in [0.15, 0.2) is 0 Å². The van der Waals surface area contributed by atoms with E-state index in [-0.39, 0.29) is 18.2 Å². The zero-order chi connectivity index (χ0) is 15.1. The maximum Gasteiger partial charge on any atom is 0.303 e. The number of aliphatic carboxylic acids is 1. The van der Waals surface area contributed by atoms with Crippen LogP contribution in [0.4, 0.5) is 0 Å². The first-order valence-electron chi connectivity index (χ1n) is 6.27. The van der Waals surface area contributed by atoms with E-state index in [2.05, 4.69) is 21.2 Å². The third-order valence-electron chi connectivity index (χ3n) is 2.88. The Kier molecular flexibility index (Phi) is 6.51. The van der Waals surface area contributed by atoms with Crippen LogP contribution in [0.3, 0.4) is 0 Å². The predicted molar refractivity (Wildman–Crippen MR) is 79.1 cm³/mol. The fourth-order valence-corrected chi connectivity index (χ4v) is 2.07. The third-order valence-corrected chi connectivity index (χ3v) is 3.57. The number of amides is 1. The summed E-state index contributed by atoms with van der Waals surface area (Å²) in [6.07, 6.45) is 0.648. The molecule has 1 aromatic carbocycles. The van der Waals surface area contributed by atoms with Crippen LogP contribution in [0, 0.1) is 5.92 Å². The highest BCUT2D eigenvalue weighted by atomic mass is 79.9. The largest absolute Gasteiger partial charge is 0.497 e. The number of rotatable bonds is 7. The van der Waals surface area contributed by atoms with Gasteiger partial charge in [0.25, 0.3) is 5.91 Å². The molecule has 2 N–H and O–H groups in total. The maximum absolute atomic E-state index is 12.1. The summed E-state index contributed by atoms with van der Waals surface area (Å²) in [5, 5.41) is 11.4. The summed E-state index contributed by atoms with van der Waals surface area (Å²) in [6.45, 7) is 2.35. The molecular formula is C14H18BrNO4. The van der Waals surface area contributed by atoms with Crippen molar-refractivity contribution in [3.63, 3.8) is 0 Å². The summed E-state index contributed by atoms with van der Waals surface area (Å²) < 4.78 is 5.77. The van der Waals surface area contributed by atoms with Crippen LogP contribution < -0.4 is 10.1 Å². The van der Waals surface area contributed by atoms with Crippen molar-refractivity contribution in [1.82, 2.24) is 5.32 Å². The lowest BCUT2D eigenvalue weighted by Gasteiger charge is -2.12. The van der Waals surface area contributed by atoms with Crippen molar-refractivity contribution >= 4 is 27.8 Å². The SMILES string of the molecule is COc1ccc(Br)c(C(=O)NCC(C)CCC(=O)O)c1. The number of carboxylic acid groups (broad SMARTS) is 1. The Morgan fingerprint density at radius 2 is 2.15 bits per heavy atom. The van der Waals surface area contributed by atoms with Gasteiger partial charge in [-0.3, -0.25) is 9.59 Å². The van der Waals surface area contributed by atoms with Crippen molar-refractivity contribution in [3.05, 3.63) is 28.2 Å². The van der Waals surface area contributed by atoms with Crippen LogP contribution in [-0.4, -0.2) is 30.6 Å². The molecule has 0 aliphatic carbocycles. The van der Waals surface area contributed by atoms with Gasteiger partial charge in [-0.05, 0) is 46.5 Å². The van der Waals surface area contributed by atoms with Crippen LogP contribution in [-0.2, 0) is 4.79 Å². The standard InChI is InChI=1S/C14H18BrNO4/c1-9(3-6-13(17)18)8-16-14(19)11-7-10(20-2)4-5-12(11)15/h4-5,7,9H,3,6,8H2,1-2H3,(H,16,19)(H,17,18). The molecule has 1 atom stereocenters. The first-order chi connectivity index (χ1) is 9.43. The van der Waals surface area contributed by atoms with E-state index >= 15 is 0 Å². The summed E-state index contributed by atoms with van der Waals surface area (Å²) in [5.41, 5.74) is 0.495. The second kappa shape index (κ2) is 7.89. The number of methoxy groups -OCH3 is 1. The number of hydrogen-bond acceptors (Lipinski definition) is 3. The summed E-state index contributed by atoms with van der Waals surface area (Å²) in [4.78, 5) is 22.5. The van der Waals surface area contributed by atoms with Gasteiger partial charge in [0.2, 0.25) is 0 Å². The molecule has 0 aromatic heterocycles. The fourth-order valence-electron chi connectivity index (χ4n) is 1.64. The molecule has 110 valence electrons. The van der Waals surface area contributed by atoms with Crippen LogP contribution in [0.5, 0.6) is 5.75 Å². The molecule has 0 bridgehead atoms. The minimum atomic E-state index is -0.821. The molecule has 1 unspecified atom stereocenters. The molecule has 1 rings (SSSR count). The average molecular weight is 344 g/mol. The van der Waals surface area contributed by atoms with Gasteiger partial charge >= 0.3 is 5.97 Å². The summed E-state index contributed by atoms with van der Waals surface area (Å²) in [5.74, 6) is -0.312. The highest BCUT2D eigenvalue weighted by Crippen LogP contribution is 2.22. The van der Waals surface area contributed by atoms with Crippen LogP contribution in [0.1, 0.15) is 30.1 Å². The first kappa shape index (κ1) is 16.5. The minimum absolute atomic E-state index is 0.111. The normalized spacial score (nSPS) is 11.8. The maximum atomic E-state index is 12.1. The third kappa shape index (κ3) is 5.21. The Hall–Kier alpha value is -1.56. The monoisotopic (exact) mass is 343 g/mol. The van der Waals surface area contributed by atoms with Gasteiger partial charge in [0.05, 0.1) is 12.7 Å². The number of carbonyl (C=O) groups excluding carboxylic acids is 1. The molecule has 0 radical (unpaired) electrons. The van der Waals surface area contributed by atoms with E-state index in [1.54, 1.807) is 25.3 Å². The highest BCUT2D eigenvalue weighted by molar-refractivity contribution is 9.10. The second-order valence-corrected chi connectivity index (χ2v) is 5.45. The number of hydrogen-bond donors (Lipinski definition) is 2. The smallest absolute Gasteiger partial charge is 0.303 e. The molecule has 0 saturated carbocycles. The second-order valence-electron chi connectivity index (χ2n) is 4.59. The van der Waals surface area contributed by atoms with E-state index in [1.165, 1.54) is 0 Å². The van der Waals surface area contributed by atoms with Gasteiger partial charge < -0.3 is 15.2 Å². The van der Waals surface area contributed by atoms with Crippen molar-refractivity contribution < 1.29 is 19.4 Å². The Balaban J connectivity index is 2.56. The molecule has 0 aliphatic heterocycles. The van der Waals surface area contributed by atoms with Crippen molar-refractivity contribution in [2.45, 2.75) is 19.8 Å². The van der Waals surface area contributed by atoms with Crippen LogP contribution in [0.25, 0.3) is 0 Å². The average Bonchev–Trinajstić information content (AvgIpc) is 2.43. The van der Waals surface area contributed by atoms with E-state index in [9.17, 15) is 9.59 Å². The number of halogens is 1. The van der Waals surface area contributed by atoms with Gasteiger partial charge in [-0.15, -0.1) is 0 Å². The number of benzene rings is 1. The molecular weight excluding hydrogens is 326 g/mol. The fraction of sp³-hybridized carbons (Fsp3) is 0.429. The molecule has 20 heavy (non-hydrogen) atoms. The Labute approximate surface area is 126 Å². The van der Waals surface area contributed by atoms with Crippen molar-refractivity contribution in [2.24, 2.45) is 5.92 Å². The summed E-state index contributed by atoms with van der Waals surface area (Å²) in [6, 6.07) is 5.17. The number of carbonyl (C=O) groups is 2. The topological polar surface area (TPSA) is 75.6 Å². The molecule has 6 heteroatoms. The van der Waals surface area contributed by atoms with Gasteiger partial charge in [-0.2, -0.15) is 0 Å². The lowest BCUT2D eigenvalue weighted by atomic mass is 10.1. The van der Waals surface area contributed by atoms with Gasteiger partial charge in [0, 0.05) is 17.4 Å². The van der Waals surface area contributed by atoms with Gasteiger partial charge in [-0.25, -0.2) is 0 Å². The Morgan fingerprint density at radius 1 is 1.45 bits per heavy atom. The quantitative estimate of drug-likeness (QED) is 0.797. The number of nitrogens with one attached hydrogen (secondary N) is 1. The van der Waals surface area contributed by atoms with E-state index < -0.39 is 5.97 Å². The molecule has 0 aliphatic rings. The minimum Gasteiger partial charge on any atom is -0.497 e. The Bertz CT molecular complexity index is 490. The first-order valence-corrected chi connectivity index (χ1v) is 7.07. The zero-order valence-corrected chi connectivity index (χ0v) is 13.1. The molecule has 1 amide bonds. The molecule has 5 nitrogen and oxygen atoms in total. The van der Waals surface area contributed by atoms with Crippen molar-refractivity contribution in [1.29, 1.82) is 0 Å². The molecule has 0 fully saturated rings. The van der Waals surface area contributed by atoms with Crippen LogP contribution in [0.2, 0.25) is 0 Å². The number of ether oxygens (including phenoxy) is 1. The highest BCUT2D eigenvalue weighted by Gasteiger charge is 2.13. The van der Waals surface area contributed by atoms with E-state index in [1.807, 2.05) is 6.92 Å². The van der Waals surface area contributed by atoms with E-state index in [4.69, 9.17) is 9.84 Å². The lowest BCUT2D eigenvalue weighted by Crippen LogP contribution is -2.28. The number of carboxylic acids is 1. The summed E-state index contributed by atoms with van der Waals surface area (Å²) >= 11 is 3.32.